The van der Waals surface area contributed by atoms with Crippen molar-refractivity contribution in [2.75, 3.05) is 31.2 Å². The first-order valence-electron chi connectivity index (χ1n) is 9.90. The number of rotatable bonds is 3. The normalized spacial score (nSPS) is 21.1. The fourth-order valence-corrected chi connectivity index (χ4v) is 4.79. The van der Waals surface area contributed by atoms with Gasteiger partial charge in [0, 0.05) is 24.5 Å². The van der Waals surface area contributed by atoms with Crippen LogP contribution in [0, 0.1) is 5.41 Å². The number of ether oxygens (including phenoxy) is 1. The molecule has 3 aromatic rings. The second kappa shape index (κ2) is 7.62. The van der Waals surface area contributed by atoms with Gasteiger partial charge in [0.2, 0.25) is 0 Å². The Morgan fingerprint density at radius 3 is 2.73 bits per heavy atom. The van der Waals surface area contributed by atoms with Crippen molar-refractivity contribution >= 4 is 40.2 Å². The van der Waals surface area contributed by atoms with Crippen LogP contribution >= 0.6 is 23.2 Å². The lowest BCUT2D eigenvalue weighted by molar-refractivity contribution is 0.131. The average Bonchev–Trinajstić information content (AvgIpc) is 3.33. The predicted molar refractivity (Wildman–Crippen MR) is 115 cm³/mol. The molecule has 2 aromatic heterocycles. The monoisotopic (exact) mass is 448 g/mol. The number of halogens is 2. The van der Waals surface area contributed by atoms with Crippen molar-refractivity contribution in [1.29, 1.82) is 0 Å². The maximum Gasteiger partial charge on any atom is 0.182 e. The Morgan fingerprint density at radius 1 is 1.23 bits per heavy atom. The summed E-state index contributed by atoms with van der Waals surface area (Å²) in [6.45, 7) is 2.69. The molecule has 4 heterocycles. The summed E-state index contributed by atoms with van der Waals surface area (Å²) >= 11 is 12.5. The van der Waals surface area contributed by atoms with Crippen LogP contribution in [0.4, 0.5) is 5.82 Å². The molecule has 0 aliphatic carbocycles. The molecule has 158 valence electrons. The van der Waals surface area contributed by atoms with E-state index < -0.39 is 0 Å². The van der Waals surface area contributed by atoms with Crippen LogP contribution in [0.25, 0.3) is 16.9 Å². The van der Waals surface area contributed by atoms with Crippen LogP contribution in [0.1, 0.15) is 18.5 Å². The molecule has 0 unspecified atom stereocenters. The number of piperidine rings is 1. The molecule has 2 fully saturated rings. The molecule has 2 saturated heterocycles. The molecule has 0 radical (unpaired) electrons. The van der Waals surface area contributed by atoms with Crippen LogP contribution in [-0.2, 0) is 11.3 Å². The van der Waals surface area contributed by atoms with Crippen LogP contribution in [-0.4, -0.2) is 57.2 Å². The third-order valence-electron chi connectivity index (χ3n) is 6.29. The summed E-state index contributed by atoms with van der Waals surface area (Å²) in [5.74, 6) is 0.684. The van der Waals surface area contributed by atoms with E-state index in [1.807, 2.05) is 6.07 Å². The summed E-state index contributed by atoms with van der Waals surface area (Å²) in [5, 5.41) is 15.2. The molecular formula is C20H22Cl2N6O2. The Morgan fingerprint density at radius 2 is 2.03 bits per heavy atom. The number of hydrogen-bond donors (Lipinski definition) is 2. The predicted octanol–water partition coefficient (Wildman–Crippen LogP) is 2.56. The molecule has 0 bridgehead atoms. The van der Waals surface area contributed by atoms with E-state index in [1.54, 1.807) is 23.0 Å². The quantitative estimate of drug-likeness (QED) is 0.634. The molecule has 2 aliphatic heterocycles. The van der Waals surface area contributed by atoms with Gasteiger partial charge in [-0.05, 0) is 25.0 Å². The SMILES string of the molecule is N[C@@H]1COCC12CCN(c1nc3cnn(-c4cccc(Cl)c4Cl)c3nc1CO)CC2. The van der Waals surface area contributed by atoms with E-state index in [0.717, 1.165) is 25.9 Å². The van der Waals surface area contributed by atoms with Crippen molar-refractivity contribution in [3.8, 4) is 5.69 Å². The Labute approximate surface area is 183 Å². The smallest absolute Gasteiger partial charge is 0.182 e. The van der Waals surface area contributed by atoms with E-state index in [0.29, 0.717) is 51.6 Å². The summed E-state index contributed by atoms with van der Waals surface area (Å²) in [7, 11) is 0. The molecule has 3 N–H and O–H groups in total. The van der Waals surface area contributed by atoms with Gasteiger partial charge in [-0.25, -0.2) is 14.6 Å². The average molecular weight is 449 g/mol. The number of fused-ring (bicyclic) bond motifs is 1. The molecule has 2 aliphatic rings. The van der Waals surface area contributed by atoms with Crippen molar-refractivity contribution < 1.29 is 9.84 Å². The molecule has 10 heteroatoms. The summed E-state index contributed by atoms with van der Waals surface area (Å²) in [6.07, 6.45) is 3.50. The third-order valence-corrected chi connectivity index (χ3v) is 7.10. The molecule has 1 spiro atoms. The summed E-state index contributed by atoms with van der Waals surface area (Å²) < 4.78 is 7.21. The Bertz CT molecular complexity index is 1100. The summed E-state index contributed by atoms with van der Waals surface area (Å²) in [6, 6.07) is 5.40. The highest BCUT2D eigenvalue weighted by Gasteiger charge is 2.44. The lowest BCUT2D eigenvalue weighted by Gasteiger charge is -2.41. The number of nitrogens with two attached hydrogens (primary N) is 1. The number of benzene rings is 1. The number of hydrogen-bond acceptors (Lipinski definition) is 7. The fourth-order valence-electron chi connectivity index (χ4n) is 4.42. The van der Waals surface area contributed by atoms with E-state index in [2.05, 4.69) is 15.0 Å². The number of aliphatic hydroxyl groups excluding tert-OH is 1. The van der Waals surface area contributed by atoms with Gasteiger partial charge in [0.05, 0.1) is 41.8 Å². The van der Waals surface area contributed by atoms with Crippen molar-refractivity contribution in [3.63, 3.8) is 0 Å². The molecule has 8 nitrogen and oxygen atoms in total. The van der Waals surface area contributed by atoms with Crippen molar-refractivity contribution in [3.05, 3.63) is 40.1 Å². The highest BCUT2D eigenvalue weighted by molar-refractivity contribution is 6.43. The maximum atomic E-state index is 10.0. The van der Waals surface area contributed by atoms with Gasteiger partial charge in [-0.3, -0.25) is 0 Å². The molecule has 0 saturated carbocycles. The van der Waals surface area contributed by atoms with Crippen molar-refractivity contribution in [2.24, 2.45) is 11.1 Å². The molecule has 1 aromatic carbocycles. The van der Waals surface area contributed by atoms with Gasteiger partial charge in [0.1, 0.15) is 11.2 Å². The Balaban J connectivity index is 1.50. The highest BCUT2D eigenvalue weighted by atomic mass is 35.5. The van der Waals surface area contributed by atoms with Crippen LogP contribution in [0.3, 0.4) is 0 Å². The summed E-state index contributed by atoms with van der Waals surface area (Å²) in [5.41, 5.74) is 8.60. The van der Waals surface area contributed by atoms with Gasteiger partial charge in [-0.15, -0.1) is 0 Å². The van der Waals surface area contributed by atoms with Crippen LogP contribution < -0.4 is 10.6 Å². The van der Waals surface area contributed by atoms with Gasteiger partial charge in [-0.1, -0.05) is 29.3 Å². The van der Waals surface area contributed by atoms with Gasteiger partial charge < -0.3 is 20.5 Å². The third kappa shape index (κ3) is 3.14. The standard InChI is InChI=1S/C20H22Cl2N6O2/c21-12-2-1-3-15(17(12)22)28-19-13(8-24-28)25-18(14(9-29)26-19)27-6-4-20(5-7-27)11-30-10-16(20)23/h1-3,8,16,29H,4-7,9-11,23H2/t16-/m1/s1. The maximum absolute atomic E-state index is 10.0. The van der Waals surface area contributed by atoms with Gasteiger partial charge in [0.25, 0.3) is 0 Å². The van der Waals surface area contributed by atoms with Crippen LogP contribution in [0.15, 0.2) is 24.4 Å². The zero-order valence-electron chi connectivity index (χ0n) is 16.3. The minimum absolute atomic E-state index is 0.0433. The van der Waals surface area contributed by atoms with E-state index in [-0.39, 0.29) is 18.1 Å². The topological polar surface area (TPSA) is 102 Å². The zero-order valence-corrected chi connectivity index (χ0v) is 17.8. The first kappa shape index (κ1) is 20.0. The highest BCUT2D eigenvalue weighted by Crippen LogP contribution is 2.40. The number of nitrogens with zero attached hydrogens (tertiary/aromatic N) is 5. The Kier molecular flexibility index (Phi) is 5.07. The molecular weight excluding hydrogens is 427 g/mol. The molecule has 1 atom stereocenters. The molecule has 0 amide bonds. The first-order valence-corrected chi connectivity index (χ1v) is 10.7. The second-order valence-corrected chi connectivity index (χ2v) is 8.75. The number of anilines is 1. The van der Waals surface area contributed by atoms with E-state index >= 15 is 0 Å². The van der Waals surface area contributed by atoms with E-state index in [1.165, 1.54) is 0 Å². The first-order chi connectivity index (χ1) is 14.5. The lowest BCUT2D eigenvalue weighted by Crippen LogP contribution is -2.49. The Hall–Kier alpha value is -1.97. The fraction of sp³-hybridized carbons (Fsp3) is 0.450. The second-order valence-electron chi connectivity index (χ2n) is 7.96. The summed E-state index contributed by atoms with van der Waals surface area (Å²) in [4.78, 5) is 11.6. The van der Waals surface area contributed by atoms with Gasteiger partial charge >= 0.3 is 0 Å². The number of aromatic nitrogens is 4. The zero-order chi connectivity index (χ0) is 20.9. The van der Waals surface area contributed by atoms with Crippen molar-refractivity contribution in [1.82, 2.24) is 19.7 Å². The van der Waals surface area contributed by atoms with Gasteiger partial charge in [0.15, 0.2) is 11.5 Å². The number of aliphatic hydroxyl groups is 1. The molecule has 30 heavy (non-hydrogen) atoms. The van der Waals surface area contributed by atoms with Crippen LogP contribution in [0.5, 0.6) is 0 Å². The van der Waals surface area contributed by atoms with Crippen LogP contribution in [0.2, 0.25) is 10.0 Å². The lowest BCUT2D eigenvalue weighted by atomic mass is 9.75. The minimum Gasteiger partial charge on any atom is -0.390 e. The van der Waals surface area contributed by atoms with Crippen molar-refractivity contribution in [2.45, 2.75) is 25.5 Å². The van der Waals surface area contributed by atoms with E-state index in [4.69, 9.17) is 38.7 Å². The van der Waals surface area contributed by atoms with E-state index in [9.17, 15) is 5.11 Å². The largest absolute Gasteiger partial charge is 0.390 e. The van der Waals surface area contributed by atoms with Gasteiger partial charge in [-0.2, -0.15) is 5.10 Å². The molecule has 5 rings (SSSR count). The minimum atomic E-state index is -0.225.